The minimum Gasteiger partial charge on any atom is -0.491 e. The molecule has 0 radical (unpaired) electrons. The minimum absolute atomic E-state index is 0. The number of hydrogen-bond donors (Lipinski definition) is 3. The lowest BCUT2D eigenvalue weighted by molar-refractivity contribution is -0.139. The van der Waals surface area contributed by atoms with Crippen LogP contribution in [0.2, 0.25) is 0 Å². The largest absolute Gasteiger partial charge is 0.491 e. The SMILES string of the molecule is Br.CCOc1cc2c(nc1C(=O)NC)C(=N)N(CC(=O)CCc1cc(OCCCC#N)c(OCC(=O)O)c(C(C)(C)C)c1)C2. The second-order valence-corrected chi connectivity index (χ2v) is 11.1. The van der Waals surface area contributed by atoms with Crippen molar-refractivity contribution in [3.63, 3.8) is 0 Å². The number of benzene rings is 1. The van der Waals surface area contributed by atoms with E-state index in [4.69, 9.17) is 24.9 Å². The van der Waals surface area contributed by atoms with Crippen LogP contribution in [0.15, 0.2) is 18.2 Å². The first-order valence-electron chi connectivity index (χ1n) is 14.2. The fraction of sp³-hybridized carbons (Fsp3) is 0.484. The third-order valence-electron chi connectivity index (χ3n) is 6.72. The average molecular weight is 675 g/mol. The molecule has 0 fully saturated rings. The number of nitrogens with zero attached hydrogens (tertiary/aromatic N) is 3. The normalized spacial score (nSPS) is 12.1. The third kappa shape index (κ3) is 9.16. The first kappa shape index (κ1) is 36.0. The summed E-state index contributed by atoms with van der Waals surface area (Å²) in [5.41, 5.74) is 2.29. The van der Waals surface area contributed by atoms with Gasteiger partial charge in [0.2, 0.25) is 0 Å². The molecular weight excluding hydrogens is 634 g/mol. The van der Waals surface area contributed by atoms with Crippen LogP contribution in [0.3, 0.4) is 0 Å². The summed E-state index contributed by atoms with van der Waals surface area (Å²) >= 11 is 0. The number of aromatic nitrogens is 1. The maximum Gasteiger partial charge on any atom is 0.341 e. The van der Waals surface area contributed by atoms with Gasteiger partial charge in [-0.1, -0.05) is 26.8 Å². The van der Waals surface area contributed by atoms with Crippen LogP contribution >= 0.6 is 17.0 Å². The molecular formula is C31H40BrN5O7. The van der Waals surface area contributed by atoms with Crippen molar-refractivity contribution >= 4 is 40.5 Å². The van der Waals surface area contributed by atoms with Gasteiger partial charge < -0.3 is 29.5 Å². The van der Waals surface area contributed by atoms with Gasteiger partial charge in [-0.3, -0.25) is 15.0 Å². The molecule has 1 aliphatic rings. The molecule has 1 aromatic heterocycles. The Labute approximate surface area is 268 Å². The Bertz CT molecular complexity index is 1430. The van der Waals surface area contributed by atoms with Crippen molar-refractivity contribution in [3.8, 4) is 23.3 Å². The molecule has 3 rings (SSSR count). The van der Waals surface area contributed by atoms with Gasteiger partial charge in [-0.2, -0.15) is 5.26 Å². The molecule has 0 saturated carbocycles. The number of pyridine rings is 1. The Morgan fingerprint density at radius 2 is 1.89 bits per heavy atom. The molecule has 1 aliphatic heterocycles. The Kier molecular flexibility index (Phi) is 13.1. The van der Waals surface area contributed by atoms with Crippen LogP contribution < -0.4 is 19.5 Å². The minimum atomic E-state index is -1.12. The van der Waals surface area contributed by atoms with Gasteiger partial charge in [0.05, 0.1) is 25.8 Å². The monoisotopic (exact) mass is 673 g/mol. The summed E-state index contributed by atoms with van der Waals surface area (Å²) < 4.78 is 17.2. The van der Waals surface area contributed by atoms with E-state index in [1.54, 1.807) is 24.0 Å². The molecule has 0 spiro atoms. The number of Topliss-reactive ketones (excluding diaryl/α,β-unsaturated/α-hetero) is 1. The summed E-state index contributed by atoms with van der Waals surface area (Å²) in [6, 6.07) is 7.43. The maximum absolute atomic E-state index is 13.1. The summed E-state index contributed by atoms with van der Waals surface area (Å²) in [5.74, 6) is -0.523. The van der Waals surface area contributed by atoms with E-state index < -0.39 is 23.9 Å². The molecule has 0 bridgehead atoms. The van der Waals surface area contributed by atoms with E-state index in [9.17, 15) is 19.5 Å². The van der Waals surface area contributed by atoms with Crippen LogP contribution in [-0.2, 0) is 28.0 Å². The van der Waals surface area contributed by atoms with Gasteiger partial charge >= 0.3 is 5.97 Å². The zero-order valence-electron chi connectivity index (χ0n) is 25.7. The lowest BCUT2D eigenvalue weighted by Gasteiger charge is -2.26. The Morgan fingerprint density at radius 3 is 2.50 bits per heavy atom. The molecule has 3 N–H and O–H groups in total. The van der Waals surface area contributed by atoms with Crippen LogP contribution in [0.4, 0.5) is 0 Å². The van der Waals surface area contributed by atoms with Crippen molar-refractivity contribution in [3.05, 3.63) is 46.3 Å². The molecule has 0 unspecified atom stereocenters. The van der Waals surface area contributed by atoms with Crippen LogP contribution in [0.1, 0.15) is 79.8 Å². The first-order valence-corrected chi connectivity index (χ1v) is 14.2. The smallest absolute Gasteiger partial charge is 0.341 e. The molecule has 2 heterocycles. The Morgan fingerprint density at radius 1 is 1.16 bits per heavy atom. The maximum atomic E-state index is 13.1. The number of amides is 1. The zero-order chi connectivity index (χ0) is 31.7. The number of unbranched alkanes of at least 4 members (excludes halogenated alkanes) is 1. The van der Waals surface area contributed by atoms with Crippen LogP contribution in [0.25, 0.3) is 0 Å². The number of carboxylic acid groups (broad SMARTS) is 1. The molecule has 13 heteroatoms. The van der Waals surface area contributed by atoms with Gasteiger partial charge in [-0.25, -0.2) is 9.78 Å². The number of ether oxygens (including phenoxy) is 3. The second-order valence-electron chi connectivity index (χ2n) is 11.1. The topological polar surface area (TPSA) is 175 Å². The highest BCUT2D eigenvalue weighted by Crippen LogP contribution is 2.40. The predicted molar refractivity (Wildman–Crippen MR) is 168 cm³/mol. The van der Waals surface area contributed by atoms with E-state index in [2.05, 4.69) is 16.4 Å². The highest BCUT2D eigenvalue weighted by atomic mass is 79.9. The Balaban J connectivity index is 0.00000675. The Hall–Kier alpha value is -4.18. The van der Waals surface area contributed by atoms with E-state index in [-0.39, 0.29) is 53.9 Å². The number of carbonyl (C=O) groups is 3. The van der Waals surface area contributed by atoms with Gasteiger partial charge in [-0.15, -0.1) is 17.0 Å². The molecule has 12 nitrogen and oxygen atoms in total. The standard InChI is InChI=1S/C31H39N5O7.BrH/c1-6-41-23-15-20-16-36(29(33)26(20)35-27(23)30(40)34-5)17-21(37)10-9-19-13-22(31(2,3)4)28(43-18-25(38)39)24(14-19)42-12-8-7-11-32;/h13-15,33H,6-10,12,16-18H2,1-5H3,(H,34,40)(H,38,39);1H. The number of hydrogen-bond acceptors (Lipinski definition) is 9. The highest BCUT2D eigenvalue weighted by Gasteiger charge is 2.31. The lowest BCUT2D eigenvalue weighted by atomic mass is 9.84. The van der Waals surface area contributed by atoms with E-state index in [1.807, 2.05) is 26.8 Å². The van der Waals surface area contributed by atoms with Crippen molar-refractivity contribution in [2.24, 2.45) is 0 Å². The van der Waals surface area contributed by atoms with E-state index in [1.165, 1.54) is 7.05 Å². The van der Waals surface area contributed by atoms with Crippen molar-refractivity contribution in [1.82, 2.24) is 15.2 Å². The van der Waals surface area contributed by atoms with Gasteiger partial charge in [-0.05, 0) is 42.9 Å². The summed E-state index contributed by atoms with van der Waals surface area (Å²) in [5, 5.41) is 29.2. The summed E-state index contributed by atoms with van der Waals surface area (Å²) in [4.78, 5) is 42.7. The van der Waals surface area contributed by atoms with Crippen LogP contribution in [0, 0.1) is 16.7 Å². The van der Waals surface area contributed by atoms with Crippen molar-refractivity contribution in [2.45, 2.75) is 65.3 Å². The number of halogens is 1. The number of ketones is 1. The molecule has 1 aromatic carbocycles. The second kappa shape index (κ2) is 16.0. The summed E-state index contributed by atoms with van der Waals surface area (Å²) in [6.07, 6.45) is 1.39. The molecule has 1 amide bonds. The van der Waals surface area contributed by atoms with E-state index in [0.29, 0.717) is 60.9 Å². The molecule has 0 aliphatic carbocycles. The summed E-state index contributed by atoms with van der Waals surface area (Å²) in [7, 11) is 1.49. The third-order valence-corrected chi connectivity index (χ3v) is 6.72. The quantitative estimate of drug-likeness (QED) is 0.232. The fourth-order valence-corrected chi connectivity index (χ4v) is 4.63. The lowest BCUT2D eigenvalue weighted by Crippen LogP contribution is -2.30. The van der Waals surface area contributed by atoms with Crippen LogP contribution in [-0.4, -0.2) is 71.9 Å². The number of amidine groups is 1. The van der Waals surface area contributed by atoms with Gasteiger partial charge in [0, 0.05) is 37.6 Å². The molecule has 44 heavy (non-hydrogen) atoms. The number of carbonyl (C=O) groups excluding carboxylic acids is 2. The molecule has 0 saturated heterocycles. The first-order chi connectivity index (χ1) is 20.4. The number of nitriles is 1. The highest BCUT2D eigenvalue weighted by molar-refractivity contribution is 8.93. The number of aryl methyl sites for hydroxylation is 1. The van der Waals surface area contributed by atoms with Crippen molar-refractivity contribution < 1.29 is 33.7 Å². The molecule has 2 aromatic rings. The number of rotatable bonds is 15. The van der Waals surface area contributed by atoms with Gasteiger partial charge in [0.15, 0.2) is 35.3 Å². The number of aliphatic carboxylic acids is 1. The molecule has 0 atom stereocenters. The van der Waals surface area contributed by atoms with Crippen LogP contribution in [0.5, 0.6) is 17.2 Å². The van der Waals surface area contributed by atoms with Crippen molar-refractivity contribution in [2.75, 3.05) is 33.4 Å². The van der Waals surface area contributed by atoms with E-state index in [0.717, 1.165) is 11.1 Å². The average Bonchev–Trinajstić information content (AvgIpc) is 3.25. The molecule has 238 valence electrons. The van der Waals surface area contributed by atoms with Gasteiger partial charge in [0.1, 0.15) is 11.5 Å². The number of fused-ring (bicyclic) bond motifs is 1. The number of carboxylic acids is 1. The van der Waals surface area contributed by atoms with Crippen molar-refractivity contribution in [1.29, 1.82) is 10.7 Å². The fourth-order valence-electron chi connectivity index (χ4n) is 4.63. The number of nitrogens with one attached hydrogen (secondary N) is 2. The predicted octanol–water partition coefficient (Wildman–Crippen LogP) is 4.20. The van der Waals surface area contributed by atoms with Gasteiger partial charge in [0.25, 0.3) is 5.91 Å². The summed E-state index contributed by atoms with van der Waals surface area (Å²) in [6.45, 7) is 8.08. The zero-order valence-corrected chi connectivity index (χ0v) is 27.5. The van der Waals surface area contributed by atoms with E-state index >= 15 is 0 Å².